The molecule has 2 amide bonds. The fraction of sp³-hybridized carbons (Fsp3) is 0.250. The smallest absolute Gasteiger partial charge is 0.319 e. The minimum Gasteiger partial charge on any atom is -0.334 e. The summed E-state index contributed by atoms with van der Waals surface area (Å²) in [5.41, 5.74) is 1.07. The van der Waals surface area contributed by atoms with Gasteiger partial charge >= 0.3 is 6.03 Å². The van der Waals surface area contributed by atoms with E-state index in [1.54, 1.807) is 6.20 Å². The van der Waals surface area contributed by atoms with Gasteiger partial charge in [0.05, 0.1) is 0 Å². The van der Waals surface area contributed by atoms with Crippen LogP contribution in [0.5, 0.6) is 0 Å². The molecule has 86 valence electrons. The SMILES string of the molecule is CC/C=C/NC(=O)NCc1ccc(Br)cc1. The molecule has 3 nitrogen and oxygen atoms in total. The maximum Gasteiger partial charge on any atom is 0.319 e. The number of hydrogen-bond donors (Lipinski definition) is 2. The van der Waals surface area contributed by atoms with E-state index in [-0.39, 0.29) is 6.03 Å². The minimum absolute atomic E-state index is 0.187. The number of halogens is 1. The predicted octanol–water partition coefficient (Wildman–Crippen LogP) is 3.17. The number of benzene rings is 1. The summed E-state index contributed by atoms with van der Waals surface area (Å²) in [6, 6.07) is 7.64. The standard InChI is InChI=1S/C12H15BrN2O/c1-2-3-8-14-12(16)15-9-10-4-6-11(13)7-5-10/h3-8H,2,9H2,1H3,(H2,14,15,16)/b8-3+. The quantitative estimate of drug-likeness (QED) is 0.875. The molecule has 4 heteroatoms. The van der Waals surface area contributed by atoms with Crippen LogP contribution in [-0.4, -0.2) is 6.03 Å². The molecule has 1 aromatic rings. The molecule has 16 heavy (non-hydrogen) atoms. The average molecular weight is 283 g/mol. The Hall–Kier alpha value is -1.29. The van der Waals surface area contributed by atoms with Crippen molar-refractivity contribution >= 4 is 22.0 Å². The third-order valence-electron chi connectivity index (χ3n) is 1.93. The number of hydrogen-bond acceptors (Lipinski definition) is 1. The van der Waals surface area contributed by atoms with Crippen molar-refractivity contribution in [1.29, 1.82) is 0 Å². The van der Waals surface area contributed by atoms with Gasteiger partial charge in [-0.25, -0.2) is 4.79 Å². The second-order valence-electron chi connectivity index (χ2n) is 3.26. The molecule has 1 aromatic carbocycles. The van der Waals surface area contributed by atoms with Crippen molar-refractivity contribution in [2.75, 3.05) is 0 Å². The second-order valence-corrected chi connectivity index (χ2v) is 4.18. The summed E-state index contributed by atoms with van der Waals surface area (Å²) in [6.07, 6.45) is 4.45. The molecule has 0 heterocycles. The summed E-state index contributed by atoms with van der Waals surface area (Å²) in [6.45, 7) is 2.54. The molecule has 0 unspecified atom stereocenters. The van der Waals surface area contributed by atoms with Crippen LogP contribution < -0.4 is 10.6 Å². The van der Waals surface area contributed by atoms with Crippen LogP contribution in [0, 0.1) is 0 Å². The Morgan fingerprint density at radius 2 is 2.06 bits per heavy atom. The highest BCUT2D eigenvalue weighted by atomic mass is 79.9. The first kappa shape index (κ1) is 12.8. The van der Waals surface area contributed by atoms with E-state index in [1.165, 1.54) is 0 Å². The van der Waals surface area contributed by atoms with Crippen LogP contribution in [0.3, 0.4) is 0 Å². The molecule has 0 saturated heterocycles. The number of amides is 2. The fourth-order valence-corrected chi connectivity index (χ4v) is 1.35. The first-order valence-corrected chi connectivity index (χ1v) is 5.95. The molecular formula is C12H15BrN2O. The Kier molecular flexibility index (Phi) is 5.64. The Labute approximate surface area is 104 Å². The molecule has 0 aromatic heterocycles. The molecular weight excluding hydrogens is 268 g/mol. The van der Waals surface area contributed by atoms with E-state index in [0.717, 1.165) is 16.5 Å². The Morgan fingerprint density at radius 3 is 2.69 bits per heavy atom. The number of nitrogens with one attached hydrogen (secondary N) is 2. The van der Waals surface area contributed by atoms with Crippen LogP contribution in [0.25, 0.3) is 0 Å². The van der Waals surface area contributed by atoms with Gasteiger partial charge in [0.15, 0.2) is 0 Å². The van der Waals surface area contributed by atoms with E-state index in [9.17, 15) is 4.79 Å². The maximum atomic E-state index is 11.3. The van der Waals surface area contributed by atoms with Crippen molar-refractivity contribution in [1.82, 2.24) is 10.6 Å². The molecule has 0 aliphatic carbocycles. The van der Waals surface area contributed by atoms with Crippen LogP contribution in [0.15, 0.2) is 41.0 Å². The summed E-state index contributed by atoms with van der Waals surface area (Å²) in [4.78, 5) is 11.3. The number of urea groups is 1. The van der Waals surface area contributed by atoms with Crippen LogP contribution in [0.2, 0.25) is 0 Å². The lowest BCUT2D eigenvalue weighted by molar-refractivity contribution is 0.243. The molecule has 0 bridgehead atoms. The van der Waals surface area contributed by atoms with Gasteiger partial charge in [0.2, 0.25) is 0 Å². The number of carbonyl (C=O) groups is 1. The molecule has 2 N–H and O–H groups in total. The Bertz CT molecular complexity index is 360. The fourth-order valence-electron chi connectivity index (χ4n) is 1.09. The van der Waals surface area contributed by atoms with Crippen LogP contribution >= 0.6 is 15.9 Å². The first-order chi connectivity index (χ1) is 7.72. The zero-order chi connectivity index (χ0) is 11.8. The van der Waals surface area contributed by atoms with E-state index < -0.39 is 0 Å². The van der Waals surface area contributed by atoms with Crippen LogP contribution in [-0.2, 0) is 6.54 Å². The highest BCUT2D eigenvalue weighted by Crippen LogP contribution is 2.09. The third kappa shape index (κ3) is 4.98. The van der Waals surface area contributed by atoms with Gasteiger partial charge in [-0.2, -0.15) is 0 Å². The van der Waals surface area contributed by atoms with E-state index in [1.807, 2.05) is 37.3 Å². The molecule has 0 saturated carbocycles. The van der Waals surface area contributed by atoms with Gasteiger partial charge < -0.3 is 10.6 Å². The Morgan fingerprint density at radius 1 is 1.38 bits per heavy atom. The summed E-state index contributed by atoms with van der Waals surface area (Å²) in [5, 5.41) is 5.39. The maximum absolute atomic E-state index is 11.3. The Balaban J connectivity index is 2.31. The van der Waals surface area contributed by atoms with Crippen molar-refractivity contribution in [3.63, 3.8) is 0 Å². The zero-order valence-electron chi connectivity index (χ0n) is 9.16. The van der Waals surface area contributed by atoms with Crippen molar-refractivity contribution in [2.24, 2.45) is 0 Å². The zero-order valence-corrected chi connectivity index (χ0v) is 10.8. The van der Waals surface area contributed by atoms with Crippen molar-refractivity contribution in [2.45, 2.75) is 19.9 Å². The van der Waals surface area contributed by atoms with E-state index in [4.69, 9.17) is 0 Å². The highest BCUT2D eigenvalue weighted by Gasteiger charge is 1.97. The third-order valence-corrected chi connectivity index (χ3v) is 2.46. The summed E-state index contributed by atoms with van der Waals surface area (Å²) in [5.74, 6) is 0. The van der Waals surface area contributed by atoms with E-state index in [0.29, 0.717) is 6.54 Å². The van der Waals surface area contributed by atoms with Gasteiger partial charge in [0, 0.05) is 17.2 Å². The molecule has 1 rings (SSSR count). The molecule has 0 atom stereocenters. The van der Waals surface area contributed by atoms with Crippen LogP contribution in [0.4, 0.5) is 4.79 Å². The van der Waals surface area contributed by atoms with Crippen molar-refractivity contribution in [3.05, 3.63) is 46.6 Å². The molecule has 0 fully saturated rings. The molecule has 0 spiro atoms. The summed E-state index contributed by atoms with van der Waals surface area (Å²) in [7, 11) is 0. The first-order valence-electron chi connectivity index (χ1n) is 5.16. The topological polar surface area (TPSA) is 41.1 Å². The normalized spacial score (nSPS) is 10.4. The largest absolute Gasteiger partial charge is 0.334 e. The van der Waals surface area contributed by atoms with Crippen molar-refractivity contribution < 1.29 is 4.79 Å². The number of allylic oxidation sites excluding steroid dienone is 1. The lowest BCUT2D eigenvalue weighted by Gasteiger charge is -2.04. The van der Waals surface area contributed by atoms with Gasteiger partial charge in [-0.3, -0.25) is 0 Å². The molecule has 0 aliphatic rings. The number of rotatable bonds is 4. The lowest BCUT2D eigenvalue weighted by atomic mass is 10.2. The predicted molar refractivity (Wildman–Crippen MR) is 68.9 cm³/mol. The minimum atomic E-state index is -0.187. The van der Waals surface area contributed by atoms with E-state index >= 15 is 0 Å². The van der Waals surface area contributed by atoms with Crippen molar-refractivity contribution in [3.8, 4) is 0 Å². The van der Waals surface area contributed by atoms with Crippen LogP contribution in [0.1, 0.15) is 18.9 Å². The lowest BCUT2D eigenvalue weighted by Crippen LogP contribution is -2.31. The van der Waals surface area contributed by atoms with Gasteiger partial charge in [0.25, 0.3) is 0 Å². The summed E-state index contributed by atoms with van der Waals surface area (Å²) >= 11 is 3.36. The average Bonchev–Trinajstić information content (AvgIpc) is 2.29. The monoisotopic (exact) mass is 282 g/mol. The van der Waals surface area contributed by atoms with E-state index in [2.05, 4.69) is 26.6 Å². The summed E-state index contributed by atoms with van der Waals surface area (Å²) < 4.78 is 1.03. The van der Waals surface area contributed by atoms with Gasteiger partial charge in [-0.05, 0) is 24.1 Å². The molecule has 0 aliphatic heterocycles. The van der Waals surface area contributed by atoms with Gasteiger partial charge in [-0.1, -0.05) is 41.1 Å². The van der Waals surface area contributed by atoms with Gasteiger partial charge in [0.1, 0.15) is 0 Å². The highest BCUT2D eigenvalue weighted by molar-refractivity contribution is 9.10. The second kappa shape index (κ2) is 7.06. The molecule has 0 radical (unpaired) electrons. The number of carbonyl (C=O) groups excluding carboxylic acids is 1. The van der Waals surface area contributed by atoms with Gasteiger partial charge in [-0.15, -0.1) is 0 Å².